The van der Waals surface area contributed by atoms with Crippen molar-refractivity contribution in [2.45, 2.75) is 38.3 Å². The molecular formula is C12H17N3O4S. The first-order chi connectivity index (χ1) is 9.36. The lowest BCUT2D eigenvalue weighted by Gasteiger charge is -2.12. The number of aliphatic hydroxyl groups is 1. The number of nitrogens with zero attached hydrogens (tertiary/aromatic N) is 1. The smallest absolute Gasteiger partial charge is 0.245 e. The van der Waals surface area contributed by atoms with Crippen LogP contribution in [0.25, 0.3) is 0 Å². The van der Waals surface area contributed by atoms with Gasteiger partial charge in [-0.05, 0) is 20.8 Å². The van der Waals surface area contributed by atoms with Crippen LogP contribution in [0.2, 0.25) is 0 Å². The molecule has 0 bridgehead atoms. The first kappa shape index (κ1) is 14.8. The molecule has 20 heavy (non-hydrogen) atoms. The molecule has 2 aromatic heterocycles. The van der Waals surface area contributed by atoms with E-state index in [4.69, 9.17) is 4.42 Å². The zero-order valence-electron chi connectivity index (χ0n) is 11.5. The van der Waals surface area contributed by atoms with E-state index in [1.165, 1.54) is 0 Å². The van der Waals surface area contributed by atoms with Crippen molar-refractivity contribution in [2.24, 2.45) is 0 Å². The van der Waals surface area contributed by atoms with Crippen LogP contribution in [0.3, 0.4) is 0 Å². The molecule has 0 fully saturated rings. The third-order valence-corrected chi connectivity index (χ3v) is 4.75. The minimum absolute atomic E-state index is 0.00379. The minimum atomic E-state index is -3.80. The lowest BCUT2D eigenvalue weighted by atomic mass is 10.2. The number of aromatic amines is 1. The van der Waals surface area contributed by atoms with Gasteiger partial charge in [-0.1, -0.05) is 0 Å². The van der Waals surface area contributed by atoms with Gasteiger partial charge in [0.1, 0.15) is 22.2 Å². The summed E-state index contributed by atoms with van der Waals surface area (Å²) in [5.41, 5.74) is 0.279. The van der Waals surface area contributed by atoms with Crippen LogP contribution in [-0.2, 0) is 16.6 Å². The zero-order valence-corrected chi connectivity index (χ0v) is 12.3. The summed E-state index contributed by atoms with van der Waals surface area (Å²) in [5.74, 6) is 1.17. The highest BCUT2D eigenvalue weighted by Gasteiger charge is 2.28. The van der Waals surface area contributed by atoms with Crippen molar-refractivity contribution >= 4 is 10.0 Å². The van der Waals surface area contributed by atoms with Crippen LogP contribution in [0.1, 0.15) is 35.9 Å². The van der Waals surface area contributed by atoms with Crippen LogP contribution in [0.15, 0.2) is 21.7 Å². The molecule has 1 unspecified atom stereocenters. The van der Waals surface area contributed by atoms with E-state index < -0.39 is 22.7 Å². The van der Waals surface area contributed by atoms with E-state index >= 15 is 0 Å². The molecule has 2 aromatic rings. The van der Waals surface area contributed by atoms with Crippen LogP contribution in [0.4, 0.5) is 0 Å². The van der Waals surface area contributed by atoms with Crippen LogP contribution >= 0.6 is 0 Å². The van der Waals surface area contributed by atoms with Crippen molar-refractivity contribution in [1.29, 1.82) is 0 Å². The summed E-state index contributed by atoms with van der Waals surface area (Å²) in [6.07, 6.45) is 3.17. The molecule has 1 atom stereocenters. The Morgan fingerprint density at radius 3 is 2.70 bits per heavy atom. The molecule has 0 amide bonds. The summed E-state index contributed by atoms with van der Waals surface area (Å²) in [5, 5.41) is 9.32. The molecule has 0 aliphatic heterocycles. The maximum atomic E-state index is 12.4. The molecule has 0 saturated carbocycles. The zero-order chi connectivity index (χ0) is 14.9. The van der Waals surface area contributed by atoms with Crippen LogP contribution < -0.4 is 4.72 Å². The SMILES string of the molecule is Cc1oc(C)c(S(=O)(=O)NC(C)c2ncc[nH]2)c1CO. The Morgan fingerprint density at radius 1 is 1.45 bits per heavy atom. The van der Waals surface area contributed by atoms with Gasteiger partial charge in [0, 0.05) is 18.0 Å². The van der Waals surface area contributed by atoms with Gasteiger partial charge in [0.2, 0.25) is 10.0 Å². The van der Waals surface area contributed by atoms with Gasteiger partial charge in [-0.25, -0.2) is 18.1 Å². The number of imidazole rings is 1. The number of hydrogen-bond acceptors (Lipinski definition) is 5. The molecule has 0 aromatic carbocycles. The fourth-order valence-corrected chi connectivity index (χ4v) is 3.75. The van der Waals surface area contributed by atoms with Crippen molar-refractivity contribution in [2.75, 3.05) is 0 Å². The number of hydrogen-bond donors (Lipinski definition) is 3. The molecule has 2 heterocycles. The molecular weight excluding hydrogens is 282 g/mol. The predicted octanol–water partition coefficient (Wildman–Crippen LogP) is 1.15. The molecule has 0 spiro atoms. The van der Waals surface area contributed by atoms with Gasteiger partial charge in [-0.15, -0.1) is 0 Å². The number of H-pyrrole nitrogens is 1. The van der Waals surface area contributed by atoms with Gasteiger partial charge in [0.25, 0.3) is 0 Å². The average molecular weight is 299 g/mol. The summed E-state index contributed by atoms with van der Waals surface area (Å²) in [4.78, 5) is 6.85. The van der Waals surface area contributed by atoms with Crippen LogP contribution in [0.5, 0.6) is 0 Å². The van der Waals surface area contributed by atoms with E-state index in [2.05, 4.69) is 14.7 Å². The predicted molar refractivity (Wildman–Crippen MR) is 71.4 cm³/mol. The molecule has 8 heteroatoms. The highest BCUT2D eigenvalue weighted by Crippen LogP contribution is 2.27. The fourth-order valence-electron chi connectivity index (χ4n) is 2.11. The molecule has 0 saturated heterocycles. The van der Waals surface area contributed by atoms with Crippen molar-refractivity contribution in [1.82, 2.24) is 14.7 Å². The first-order valence-corrected chi connectivity index (χ1v) is 7.56. The second-order valence-electron chi connectivity index (χ2n) is 4.50. The van der Waals surface area contributed by atoms with Crippen molar-refractivity contribution < 1.29 is 17.9 Å². The quantitative estimate of drug-likeness (QED) is 0.767. The van der Waals surface area contributed by atoms with Gasteiger partial charge >= 0.3 is 0 Å². The maximum Gasteiger partial charge on any atom is 0.245 e. The van der Waals surface area contributed by atoms with Gasteiger partial charge in [0.05, 0.1) is 12.6 Å². The third kappa shape index (κ3) is 2.62. The Balaban J connectivity index is 2.36. The first-order valence-electron chi connectivity index (χ1n) is 6.08. The third-order valence-electron chi connectivity index (χ3n) is 3.01. The number of nitrogens with one attached hydrogen (secondary N) is 2. The lowest BCUT2D eigenvalue weighted by Crippen LogP contribution is -2.28. The Morgan fingerprint density at radius 2 is 2.15 bits per heavy atom. The summed E-state index contributed by atoms with van der Waals surface area (Å²) >= 11 is 0. The Labute approximate surface area is 117 Å². The van der Waals surface area contributed by atoms with Crippen LogP contribution in [0, 0.1) is 13.8 Å². The van der Waals surface area contributed by atoms with E-state index in [-0.39, 0.29) is 16.2 Å². The van der Waals surface area contributed by atoms with E-state index in [9.17, 15) is 13.5 Å². The molecule has 0 aliphatic rings. The summed E-state index contributed by atoms with van der Waals surface area (Å²) in [7, 11) is -3.80. The number of aryl methyl sites for hydroxylation is 2. The molecule has 2 rings (SSSR count). The average Bonchev–Trinajstić information content (AvgIpc) is 2.95. The molecule has 0 aliphatic carbocycles. The van der Waals surface area contributed by atoms with Gasteiger partial charge in [-0.2, -0.15) is 0 Å². The van der Waals surface area contributed by atoms with Gasteiger partial charge < -0.3 is 14.5 Å². The van der Waals surface area contributed by atoms with Gasteiger partial charge in [0.15, 0.2) is 0 Å². The maximum absolute atomic E-state index is 12.4. The largest absolute Gasteiger partial charge is 0.465 e. The Bertz CT molecular complexity index is 689. The second kappa shape index (κ2) is 5.39. The van der Waals surface area contributed by atoms with E-state index in [0.717, 1.165) is 0 Å². The molecule has 110 valence electrons. The fraction of sp³-hybridized carbons (Fsp3) is 0.417. The van der Waals surface area contributed by atoms with Crippen molar-refractivity contribution in [3.05, 3.63) is 35.3 Å². The van der Waals surface area contributed by atoms with Crippen molar-refractivity contribution in [3.8, 4) is 0 Å². The molecule has 3 N–H and O–H groups in total. The highest BCUT2D eigenvalue weighted by molar-refractivity contribution is 7.89. The number of rotatable bonds is 5. The Hall–Kier alpha value is -1.64. The van der Waals surface area contributed by atoms with Gasteiger partial charge in [-0.3, -0.25) is 0 Å². The lowest BCUT2D eigenvalue weighted by molar-refractivity contribution is 0.276. The van der Waals surface area contributed by atoms with Crippen molar-refractivity contribution in [3.63, 3.8) is 0 Å². The minimum Gasteiger partial charge on any atom is -0.465 e. The second-order valence-corrected chi connectivity index (χ2v) is 6.15. The summed E-state index contributed by atoms with van der Waals surface area (Å²) in [6, 6.07) is -0.517. The summed E-state index contributed by atoms with van der Waals surface area (Å²) < 4.78 is 32.7. The van der Waals surface area contributed by atoms with E-state index in [1.54, 1.807) is 33.2 Å². The number of aliphatic hydroxyl groups excluding tert-OH is 1. The monoisotopic (exact) mass is 299 g/mol. The topological polar surface area (TPSA) is 108 Å². The molecule has 7 nitrogen and oxygen atoms in total. The molecule has 0 radical (unpaired) electrons. The Kier molecular flexibility index (Phi) is 3.98. The van der Waals surface area contributed by atoms with E-state index in [0.29, 0.717) is 11.6 Å². The highest BCUT2D eigenvalue weighted by atomic mass is 32.2. The summed E-state index contributed by atoms with van der Waals surface area (Å²) in [6.45, 7) is 4.46. The van der Waals surface area contributed by atoms with E-state index in [1.807, 2.05) is 0 Å². The number of furan rings is 1. The standard InChI is InChI=1S/C12H17N3O4S/c1-7(12-13-4-5-14-12)15-20(17,18)11-9(3)19-8(2)10(11)6-16/h4-5,7,15-16H,6H2,1-3H3,(H,13,14). The van der Waals surface area contributed by atoms with Crippen LogP contribution in [-0.4, -0.2) is 23.5 Å². The normalized spacial score (nSPS) is 13.6. The number of sulfonamides is 1. The number of aromatic nitrogens is 2.